The molecular weight excluding hydrogens is 119 g/mol. The number of nitrogens with two attached hydrogens (primary N) is 2. The molecule has 1 aliphatic rings. The first-order valence-electron chi connectivity index (χ1n) is 2.80. The third kappa shape index (κ3) is 1.22. The number of hydrogen-bond acceptors (Lipinski definition) is 2. The fourth-order valence-electron chi connectivity index (χ4n) is 0.749. The molecular formula is C6H9FN2. The summed E-state index contributed by atoms with van der Waals surface area (Å²) in [5.74, 6) is -0.246. The Kier molecular flexibility index (Phi) is 1.42. The highest BCUT2D eigenvalue weighted by Crippen LogP contribution is 2.18. The summed E-state index contributed by atoms with van der Waals surface area (Å²) >= 11 is 0. The maximum Gasteiger partial charge on any atom is 0.123 e. The number of allylic oxidation sites excluding steroid dienone is 3. The maximum atomic E-state index is 12.4. The van der Waals surface area contributed by atoms with E-state index in [4.69, 9.17) is 11.5 Å². The molecule has 1 aliphatic carbocycles. The van der Waals surface area contributed by atoms with Crippen LogP contribution >= 0.6 is 0 Å². The molecule has 1 rings (SSSR count). The summed E-state index contributed by atoms with van der Waals surface area (Å²) < 4.78 is 12.4. The Bertz CT molecular complexity index is 181. The number of rotatable bonds is 0. The minimum absolute atomic E-state index is 0.179. The van der Waals surface area contributed by atoms with Gasteiger partial charge in [-0.25, -0.2) is 4.39 Å². The average Bonchev–Trinajstić information content (AvgIpc) is 1.80. The van der Waals surface area contributed by atoms with Gasteiger partial charge in [0.1, 0.15) is 5.83 Å². The van der Waals surface area contributed by atoms with E-state index in [9.17, 15) is 4.39 Å². The Labute approximate surface area is 53.0 Å². The molecule has 9 heavy (non-hydrogen) atoms. The highest BCUT2D eigenvalue weighted by atomic mass is 19.1. The van der Waals surface area contributed by atoms with Crippen molar-refractivity contribution >= 4 is 0 Å². The summed E-state index contributed by atoms with van der Waals surface area (Å²) in [7, 11) is 0. The monoisotopic (exact) mass is 128 g/mol. The van der Waals surface area contributed by atoms with E-state index in [-0.39, 0.29) is 11.5 Å². The number of hydrogen-bond donors (Lipinski definition) is 2. The smallest absolute Gasteiger partial charge is 0.123 e. The van der Waals surface area contributed by atoms with E-state index >= 15 is 0 Å². The molecule has 0 aliphatic heterocycles. The van der Waals surface area contributed by atoms with Crippen molar-refractivity contribution in [3.63, 3.8) is 0 Å². The van der Waals surface area contributed by atoms with E-state index in [0.29, 0.717) is 18.5 Å². The van der Waals surface area contributed by atoms with E-state index in [1.54, 1.807) is 0 Å². The Morgan fingerprint density at radius 1 is 1.33 bits per heavy atom. The summed E-state index contributed by atoms with van der Waals surface area (Å²) in [6.45, 7) is 0. The van der Waals surface area contributed by atoms with Gasteiger partial charge in [0.25, 0.3) is 0 Å². The van der Waals surface area contributed by atoms with Crippen LogP contribution in [0.3, 0.4) is 0 Å². The second-order valence-electron chi connectivity index (χ2n) is 2.08. The maximum absolute atomic E-state index is 12.4. The lowest BCUT2D eigenvalue weighted by Gasteiger charge is -2.07. The van der Waals surface area contributed by atoms with Gasteiger partial charge in [0, 0.05) is 12.1 Å². The second-order valence-corrected chi connectivity index (χ2v) is 2.08. The molecule has 0 fully saturated rings. The summed E-state index contributed by atoms with van der Waals surface area (Å²) in [5, 5.41) is 0. The first-order valence-corrected chi connectivity index (χ1v) is 2.80. The molecule has 0 heterocycles. The van der Waals surface area contributed by atoms with Crippen LogP contribution < -0.4 is 11.5 Å². The fraction of sp³-hybridized carbons (Fsp3) is 0.333. The van der Waals surface area contributed by atoms with Gasteiger partial charge in [-0.05, 0) is 12.5 Å². The standard InChI is InChI=1S/C6H9FN2/c7-5-2-1-4(8)3-6(5)9/h3H,1-2,8-9H2. The Balaban J connectivity index is 2.83. The zero-order valence-electron chi connectivity index (χ0n) is 5.02. The van der Waals surface area contributed by atoms with Crippen LogP contribution in [-0.4, -0.2) is 0 Å². The first kappa shape index (κ1) is 6.13. The van der Waals surface area contributed by atoms with E-state index in [0.717, 1.165) is 0 Å². The fourth-order valence-corrected chi connectivity index (χ4v) is 0.749. The van der Waals surface area contributed by atoms with Crippen molar-refractivity contribution in [1.29, 1.82) is 0 Å². The molecule has 4 N–H and O–H groups in total. The van der Waals surface area contributed by atoms with Crippen LogP contribution in [0.5, 0.6) is 0 Å². The highest BCUT2D eigenvalue weighted by molar-refractivity contribution is 5.26. The van der Waals surface area contributed by atoms with E-state index < -0.39 is 0 Å². The van der Waals surface area contributed by atoms with Crippen molar-refractivity contribution in [3.8, 4) is 0 Å². The summed E-state index contributed by atoms with van der Waals surface area (Å²) in [6, 6.07) is 0. The highest BCUT2D eigenvalue weighted by Gasteiger charge is 2.07. The van der Waals surface area contributed by atoms with Crippen molar-refractivity contribution in [2.75, 3.05) is 0 Å². The second kappa shape index (κ2) is 2.09. The summed E-state index contributed by atoms with van der Waals surface area (Å²) in [6.07, 6.45) is 2.42. The summed E-state index contributed by atoms with van der Waals surface area (Å²) in [5.41, 5.74) is 11.4. The van der Waals surface area contributed by atoms with Crippen molar-refractivity contribution in [2.45, 2.75) is 12.8 Å². The van der Waals surface area contributed by atoms with Crippen LogP contribution in [0.15, 0.2) is 23.3 Å². The Morgan fingerprint density at radius 3 is 2.44 bits per heavy atom. The van der Waals surface area contributed by atoms with Crippen LogP contribution in [0.4, 0.5) is 4.39 Å². The third-order valence-corrected chi connectivity index (χ3v) is 1.29. The molecule has 0 bridgehead atoms. The van der Waals surface area contributed by atoms with Crippen LogP contribution in [-0.2, 0) is 0 Å². The van der Waals surface area contributed by atoms with E-state index in [1.165, 1.54) is 6.08 Å². The van der Waals surface area contributed by atoms with Gasteiger partial charge in [-0.15, -0.1) is 0 Å². The van der Waals surface area contributed by atoms with E-state index in [2.05, 4.69) is 0 Å². The van der Waals surface area contributed by atoms with Gasteiger partial charge >= 0.3 is 0 Å². The van der Waals surface area contributed by atoms with Crippen molar-refractivity contribution < 1.29 is 4.39 Å². The topological polar surface area (TPSA) is 52.0 Å². The van der Waals surface area contributed by atoms with Gasteiger partial charge in [-0.1, -0.05) is 0 Å². The third-order valence-electron chi connectivity index (χ3n) is 1.29. The SMILES string of the molecule is NC1=CC(N)=C(F)CC1. The van der Waals surface area contributed by atoms with Gasteiger partial charge < -0.3 is 11.5 Å². The zero-order valence-corrected chi connectivity index (χ0v) is 5.02. The quantitative estimate of drug-likeness (QED) is 0.506. The molecule has 0 amide bonds. The van der Waals surface area contributed by atoms with Gasteiger partial charge in [0.15, 0.2) is 0 Å². The molecule has 50 valence electrons. The predicted octanol–water partition coefficient (Wildman–Crippen LogP) is 0.763. The predicted molar refractivity (Wildman–Crippen MR) is 33.8 cm³/mol. The van der Waals surface area contributed by atoms with Crippen molar-refractivity contribution in [1.82, 2.24) is 0 Å². The molecule has 0 aromatic carbocycles. The molecule has 0 atom stereocenters. The molecule has 0 saturated heterocycles. The molecule has 0 radical (unpaired) electrons. The van der Waals surface area contributed by atoms with Crippen LogP contribution in [0.1, 0.15) is 12.8 Å². The lowest BCUT2D eigenvalue weighted by atomic mass is 10.1. The molecule has 0 saturated carbocycles. The van der Waals surface area contributed by atoms with Gasteiger partial charge in [-0.3, -0.25) is 0 Å². The molecule has 2 nitrogen and oxygen atoms in total. The van der Waals surface area contributed by atoms with Crippen molar-refractivity contribution in [3.05, 3.63) is 23.3 Å². The molecule has 3 heteroatoms. The van der Waals surface area contributed by atoms with E-state index in [1.807, 2.05) is 0 Å². The van der Waals surface area contributed by atoms with Gasteiger partial charge in [0.2, 0.25) is 0 Å². The average molecular weight is 128 g/mol. The molecule has 0 aromatic heterocycles. The van der Waals surface area contributed by atoms with Gasteiger partial charge in [-0.2, -0.15) is 0 Å². The number of halogens is 1. The minimum Gasteiger partial charge on any atom is -0.402 e. The minimum atomic E-state index is -0.246. The van der Waals surface area contributed by atoms with Gasteiger partial charge in [0.05, 0.1) is 5.70 Å². The first-order chi connectivity index (χ1) is 4.20. The molecule has 0 unspecified atom stereocenters. The normalized spacial score (nSPS) is 19.9. The lowest BCUT2D eigenvalue weighted by molar-refractivity contribution is 0.569. The Hall–Kier alpha value is -0.990. The van der Waals surface area contributed by atoms with Crippen LogP contribution in [0, 0.1) is 0 Å². The van der Waals surface area contributed by atoms with Crippen LogP contribution in [0.2, 0.25) is 0 Å². The molecule has 0 aromatic rings. The Morgan fingerprint density at radius 2 is 2.00 bits per heavy atom. The lowest BCUT2D eigenvalue weighted by Crippen LogP contribution is -2.08. The largest absolute Gasteiger partial charge is 0.402 e. The van der Waals surface area contributed by atoms with Crippen molar-refractivity contribution in [2.24, 2.45) is 11.5 Å². The zero-order chi connectivity index (χ0) is 6.85. The molecule has 0 spiro atoms. The summed E-state index contributed by atoms with van der Waals surface area (Å²) in [4.78, 5) is 0. The van der Waals surface area contributed by atoms with Crippen LogP contribution in [0.25, 0.3) is 0 Å².